The van der Waals surface area contributed by atoms with Crippen LogP contribution in [-0.2, 0) is 11.2 Å². The van der Waals surface area contributed by atoms with Gasteiger partial charge >= 0.3 is 12.1 Å². The third-order valence-corrected chi connectivity index (χ3v) is 5.43. The molecule has 0 saturated carbocycles. The number of likely N-dealkylation sites (tertiary alicyclic amines) is 1. The number of benzene rings is 2. The summed E-state index contributed by atoms with van der Waals surface area (Å²) in [5.74, 6) is 0. The van der Waals surface area contributed by atoms with Crippen LogP contribution in [0, 0.1) is 0 Å². The first-order valence-electron chi connectivity index (χ1n) is 10.7. The maximum atomic E-state index is 12.7. The van der Waals surface area contributed by atoms with Crippen LogP contribution in [-0.4, -0.2) is 48.8 Å². The van der Waals surface area contributed by atoms with E-state index >= 15 is 0 Å². The largest absolute Gasteiger partial charge is 0.450 e. The van der Waals surface area contributed by atoms with Crippen molar-refractivity contribution in [3.8, 4) is 11.1 Å². The molecule has 2 atom stereocenters. The molecule has 1 fully saturated rings. The van der Waals surface area contributed by atoms with Crippen LogP contribution < -0.4 is 10.6 Å². The Bertz CT molecular complexity index is 841. The van der Waals surface area contributed by atoms with Gasteiger partial charge in [-0.2, -0.15) is 0 Å². The van der Waals surface area contributed by atoms with E-state index in [2.05, 4.69) is 41.0 Å². The van der Waals surface area contributed by atoms with Gasteiger partial charge in [0.25, 0.3) is 0 Å². The van der Waals surface area contributed by atoms with Crippen LogP contribution in [0.4, 0.5) is 9.59 Å². The molecule has 2 aromatic carbocycles. The molecule has 1 aliphatic rings. The molecule has 6 heteroatoms. The molecule has 1 heterocycles. The number of amides is 3. The quantitative estimate of drug-likeness (QED) is 0.751. The second-order valence-electron chi connectivity index (χ2n) is 7.48. The SMILES string of the molecule is CCNC(=O)N1CCCC(NC(=O)OCC)C1Cc1cccc(-c2ccccc2)c1. The molecule has 3 amide bonds. The molecule has 0 spiro atoms. The summed E-state index contributed by atoms with van der Waals surface area (Å²) in [6.07, 6.45) is 1.89. The van der Waals surface area contributed by atoms with Gasteiger partial charge in [-0.3, -0.25) is 0 Å². The van der Waals surface area contributed by atoms with Crippen LogP contribution in [0.15, 0.2) is 54.6 Å². The molecule has 0 radical (unpaired) electrons. The fourth-order valence-corrected chi connectivity index (χ4v) is 4.06. The van der Waals surface area contributed by atoms with Crippen molar-refractivity contribution in [2.45, 2.75) is 45.2 Å². The van der Waals surface area contributed by atoms with Crippen LogP contribution in [0.25, 0.3) is 11.1 Å². The summed E-state index contributed by atoms with van der Waals surface area (Å²) in [5.41, 5.74) is 3.43. The van der Waals surface area contributed by atoms with Gasteiger partial charge in [-0.15, -0.1) is 0 Å². The van der Waals surface area contributed by atoms with Gasteiger partial charge in [0.1, 0.15) is 0 Å². The Morgan fingerprint density at radius 1 is 1.07 bits per heavy atom. The smallest absolute Gasteiger partial charge is 0.407 e. The van der Waals surface area contributed by atoms with Crippen molar-refractivity contribution in [3.05, 3.63) is 60.2 Å². The summed E-state index contributed by atoms with van der Waals surface area (Å²) in [5, 5.41) is 5.89. The summed E-state index contributed by atoms with van der Waals surface area (Å²) < 4.78 is 5.09. The van der Waals surface area contributed by atoms with Gasteiger partial charge in [0.05, 0.1) is 18.7 Å². The zero-order valence-electron chi connectivity index (χ0n) is 17.8. The molecule has 0 aliphatic carbocycles. The van der Waals surface area contributed by atoms with Gasteiger partial charge in [-0.05, 0) is 49.8 Å². The highest BCUT2D eigenvalue weighted by Gasteiger charge is 2.35. The lowest BCUT2D eigenvalue weighted by atomic mass is 9.90. The lowest BCUT2D eigenvalue weighted by Crippen LogP contribution is -2.59. The summed E-state index contributed by atoms with van der Waals surface area (Å²) >= 11 is 0. The number of alkyl carbamates (subject to hydrolysis) is 1. The number of hydrogen-bond acceptors (Lipinski definition) is 3. The second-order valence-corrected chi connectivity index (χ2v) is 7.48. The van der Waals surface area contributed by atoms with Crippen molar-refractivity contribution < 1.29 is 14.3 Å². The topological polar surface area (TPSA) is 70.7 Å². The molecule has 6 nitrogen and oxygen atoms in total. The van der Waals surface area contributed by atoms with E-state index < -0.39 is 6.09 Å². The van der Waals surface area contributed by atoms with Crippen molar-refractivity contribution in [2.24, 2.45) is 0 Å². The van der Waals surface area contributed by atoms with Gasteiger partial charge in [0, 0.05) is 13.1 Å². The number of rotatable bonds is 6. The van der Waals surface area contributed by atoms with Crippen LogP contribution in [0.1, 0.15) is 32.3 Å². The van der Waals surface area contributed by atoms with Crippen LogP contribution in [0.5, 0.6) is 0 Å². The van der Waals surface area contributed by atoms with Crippen molar-refractivity contribution in [2.75, 3.05) is 19.7 Å². The van der Waals surface area contributed by atoms with E-state index in [0.717, 1.165) is 29.5 Å². The zero-order chi connectivity index (χ0) is 21.3. The zero-order valence-corrected chi connectivity index (χ0v) is 17.8. The average Bonchev–Trinajstić information content (AvgIpc) is 2.76. The highest BCUT2D eigenvalue weighted by molar-refractivity contribution is 5.75. The maximum Gasteiger partial charge on any atom is 0.407 e. The minimum absolute atomic E-state index is 0.0860. The summed E-state index contributed by atoms with van der Waals surface area (Å²) in [6, 6.07) is 18.3. The van der Waals surface area contributed by atoms with Gasteiger partial charge in [0.15, 0.2) is 0 Å². The van der Waals surface area contributed by atoms with E-state index in [1.54, 1.807) is 6.92 Å². The first-order valence-corrected chi connectivity index (χ1v) is 10.7. The van der Waals surface area contributed by atoms with Crippen molar-refractivity contribution in [3.63, 3.8) is 0 Å². The first kappa shape index (κ1) is 21.7. The van der Waals surface area contributed by atoms with Crippen molar-refractivity contribution in [1.82, 2.24) is 15.5 Å². The summed E-state index contributed by atoms with van der Waals surface area (Å²) in [7, 11) is 0. The van der Waals surface area contributed by atoms with Crippen molar-refractivity contribution in [1.29, 1.82) is 0 Å². The molecule has 2 unspecified atom stereocenters. The number of urea groups is 1. The Labute approximate surface area is 178 Å². The number of ether oxygens (including phenoxy) is 1. The monoisotopic (exact) mass is 409 g/mol. The lowest BCUT2D eigenvalue weighted by molar-refractivity contribution is 0.110. The Kier molecular flexibility index (Phi) is 7.71. The number of carbonyl (C=O) groups is 2. The fraction of sp³-hybridized carbons (Fsp3) is 0.417. The fourth-order valence-electron chi connectivity index (χ4n) is 4.06. The Balaban J connectivity index is 1.84. The molecule has 3 rings (SSSR count). The molecule has 160 valence electrons. The van der Waals surface area contributed by atoms with E-state index in [-0.39, 0.29) is 18.1 Å². The van der Waals surface area contributed by atoms with E-state index in [1.807, 2.05) is 36.1 Å². The third-order valence-electron chi connectivity index (χ3n) is 5.43. The van der Waals surface area contributed by atoms with Gasteiger partial charge in [-0.25, -0.2) is 9.59 Å². The number of hydrogen-bond donors (Lipinski definition) is 2. The Morgan fingerprint density at radius 3 is 2.57 bits per heavy atom. The molecule has 2 N–H and O–H groups in total. The highest BCUT2D eigenvalue weighted by Crippen LogP contribution is 2.25. The Morgan fingerprint density at radius 2 is 1.83 bits per heavy atom. The predicted octanol–water partition coefficient (Wildman–Crippen LogP) is 4.20. The molecule has 0 bridgehead atoms. The number of carbonyl (C=O) groups excluding carboxylic acids is 2. The van der Waals surface area contributed by atoms with E-state index in [4.69, 9.17) is 4.74 Å². The molecule has 0 aromatic heterocycles. The van der Waals surface area contributed by atoms with E-state index in [9.17, 15) is 9.59 Å². The van der Waals surface area contributed by atoms with Gasteiger partial charge < -0.3 is 20.3 Å². The molecule has 1 aliphatic heterocycles. The number of piperidine rings is 1. The summed E-state index contributed by atoms with van der Waals surface area (Å²) in [4.78, 5) is 26.7. The van der Waals surface area contributed by atoms with Crippen LogP contribution >= 0.6 is 0 Å². The van der Waals surface area contributed by atoms with E-state index in [1.165, 1.54) is 0 Å². The molecular weight excluding hydrogens is 378 g/mol. The lowest BCUT2D eigenvalue weighted by Gasteiger charge is -2.41. The minimum Gasteiger partial charge on any atom is -0.450 e. The molecule has 1 saturated heterocycles. The maximum absolute atomic E-state index is 12.7. The summed E-state index contributed by atoms with van der Waals surface area (Å²) in [6.45, 7) is 5.27. The van der Waals surface area contributed by atoms with Crippen molar-refractivity contribution >= 4 is 12.1 Å². The third kappa shape index (κ3) is 5.53. The second kappa shape index (κ2) is 10.7. The minimum atomic E-state index is -0.428. The molecular formula is C24H31N3O3. The van der Waals surface area contributed by atoms with E-state index in [0.29, 0.717) is 26.1 Å². The van der Waals surface area contributed by atoms with Crippen LogP contribution in [0.3, 0.4) is 0 Å². The number of nitrogens with zero attached hydrogens (tertiary/aromatic N) is 1. The normalized spacial score (nSPS) is 18.5. The van der Waals surface area contributed by atoms with Gasteiger partial charge in [-0.1, -0.05) is 54.6 Å². The Hall–Kier alpha value is -3.02. The number of nitrogens with one attached hydrogen (secondary N) is 2. The first-order chi connectivity index (χ1) is 14.6. The average molecular weight is 410 g/mol. The standard InChI is InChI=1S/C24H31N3O3/c1-3-25-23(28)27-15-9-14-21(26-24(29)30-4-2)22(27)17-18-10-8-13-20(16-18)19-11-6-5-7-12-19/h5-8,10-13,16,21-22H,3-4,9,14-15,17H2,1-2H3,(H,25,28)(H,26,29). The van der Waals surface area contributed by atoms with Crippen LogP contribution in [0.2, 0.25) is 0 Å². The van der Waals surface area contributed by atoms with Gasteiger partial charge in [0.2, 0.25) is 0 Å². The molecule has 2 aromatic rings. The predicted molar refractivity (Wildman–Crippen MR) is 118 cm³/mol. The highest BCUT2D eigenvalue weighted by atomic mass is 16.5. The molecule has 30 heavy (non-hydrogen) atoms.